The molecule has 2 fully saturated rings. The second-order valence-corrected chi connectivity index (χ2v) is 4.04. The van der Waals surface area contributed by atoms with Crippen LogP contribution in [0.2, 0.25) is 0 Å². The summed E-state index contributed by atoms with van der Waals surface area (Å²) >= 11 is 0. The molecule has 76 valence electrons. The predicted octanol–water partition coefficient (Wildman–Crippen LogP) is 0.634. The van der Waals surface area contributed by atoms with Crippen LogP contribution in [0.25, 0.3) is 0 Å². The molecule has 0 aliphatic carbocycles. The number of ether oxygens (including phenoxy) is 3. The van der Waals surface area contributed by atoms with Gasteiger partial charge in [-0.2, -0.15) is 0 Å². The molecule has 2 rings (SSSR count). The zero-order valence-electron chi connectivity index (χ0n) is 8.19. The highest BCUT2D eigenvalue weighted by Gasteiger charge is 2.53. The summed E-state index contributed by atoms with van der Waals surface area (Å²) in [5, 5.41) is 9.76. The van der Waals surface area contributed by atoms with Crippen LogP contribution in [0.5, 0.6) is 0 Å². The Balaban J connectivity index is 2.07. The molecule has 2 aliphatic heterocycles. The Kier molecular flexibility index (Phi) is 2.11. The van der Waals surface area contributed by atoms with Crippen molar-refractivity contribution < 1.29 is 19.3 Å². The van der Waals surface area contributed by atoms with Gasteiger partial charge in [-0.1, -0.05) is 6.92 Å². The lowest BCUT2D eigenvalue weighted by Crippen LogP contribution is -2.34. The Labute approximate surface area is 77.8 Å². The lowest BCUT2D eigenvalue weighted by molar-refractivity contribution is -0.214. The van der Waals surface area contributed by atoms with Gasteiger partial charge in [-0.15, -0.1) is 0 Å². The molecule has 0 bridgehead atoms. The predicted molar refractivity (Wildman–Crippen MR) is 45.0 cm³/mol. The maximum Gasteiger partial charge on any atom is 0.190 e. The molecule has 0 saturated carbocycles. The summed E-state index contributed by atoms with van der Waals surface area (Å²) in [6.45, 7) is 5.62. The highest BCUT2D eigenvalue weighted by Crippen LogP contribution is 2.37. The first-order chi connectivity index (χ1) is 6.03. The molecule has 0 amide bonds. The average molecular weight is 188 g/mol. The smallest absolute Gasteiger partial charge is 0.190 e. The van der Waals surface area contributed by atoms with E-state index in [4.69, 9.17) is 14.2 Å². The van der Waals surface area contributed by atoms with Gasteiger partial charge < -0.3 is 19.3 Å². The monoisotopic (exact) mass is 188 g/mol. The first-order valence-corrected chi connectivity index (χ1v) is 4.72. The van der Waals surface area contributed by atoms with Crippen LogP contribution in [0.4, 0.5) is 0 Å². The third-order valence-corrected chi connectivity index (χ3v) is 2.52. The van der Waals surface area contributed by atoms with E-state index >= 15 is 0 Å². The number of aliphatic hydroxyl groups excluding tert-OH is 1. The van der Waals surface area contributed by atoms with Gasteiger partial charge in [0.05, 0.1) is 6.10 Å². The summed E-state index contributed by atoms with van der Waals surface area (Å²) in [4.78, 5) is 0. The fourth-order valence-electron chi connectivity index (χ4n) is 1.90. The second kappa shape index (κ2) is 2.92. The molecule has 2 saturated heterocycles. The molecule has 4 nitrogen and oxygen atoms in total. The molecule has 0 spiro atoms. The van der Waals surface area contributed by atoms with E-state index in [0.717, 1.165) is 6.42 Å². The molecule has 2 heterocycles. The van der Waals surface area contributed by atoms with Crippen LogP contribution in [0.15, 0.2) is 0 Å². The van der Waals surface area contributed by atoms with Crippen molar-refractivity contribution >= 4 is 0 Å². The summed E-state index contributed by atoms with van der Waals surface area (Å²) in [6.07, 6.45) is -0.640. The van der Waals surface area contributed by atoms with Crippen LogP contribution in [0, 0.1) is 0 Å². The minimum absolute atomic E-state index is 0.147. The fraction of sp³-hybridized carbons (Fsp3) is 1.00. The van der Waals surface area contributed by atoms with E-state index in [1.54, 1.807) is 0 Å². The zero-order chi connectivity index (χ0) is 9.64. The van der Waals surface area contributed by atoms with Crippen LogP contribution >= 0.6 is 0 Å². The van der Waals surface area contributed by atoms with Gasteiger partial charge in [0.25, 0.3) is 0 Å². The minimum Gasteiger partial charge on any atom is -0.387 e. The molecule has 0 aromatic carbocycles. The normalized spacial score (nSPS) is 48.0. The van der Waals surface area contributed by atoms with Crippen molar-refractivity contribution in [2.45, 2.75) is 57.6 Å². The van der Waals surface area contributed by atoms with E-state index in [-0.39, 0.29) is 12.2 Å². The maximum absolute atomic E-state index is 9.76. The number of hydrogen-bond donors (Lipinski definition) is 1. The fourth-order valence-corrected chi connectivity index (χ4v) is 1.90. The van der Waals surface area contributed by atoms with Crippen LogP contribution in [0.1, 0.15) is 27.2 Å². The number of hydrogen-bond acceptors (Lipinski definition) is 4. The SMILES string of the molecule is CC[C@@H]1O[C@@H]2OC(C)(C)O[C@@H]2[C@H]1O. The van der Waals surface area contributed by atoms with Gasteiger partial charge in [0.15, 0.2) is 12.1 Å². The van der Waals surface area contributed by atoms with Crippen molar-refractivity contribution in [3.63, 3.8) is 0 Å². The Morgan fingerprint density at radius 2 is 2.00 bits per heavy atom. The lowest BCUT2D eigenvalue weighted by atomic mass is 10.1. The Bertz CT molecular complexity index is 204. The zero-order valence-corrected chi connectivity index (χ0v) is 8.19. The van der Waals surface area contributed by atoms with E-state index < -0.39 is 18.2 Å². The molecular weight excluding hydrogens is 172 g/mol. The Hall–Kier alpha value is -0.160. The third kappa shape index (κ3) is 1.48. The van der Waals surface area contributed by atoms with E-state index in [0.29, 0.717) is 0 Å². The van der Waals surface area contributed by atoms with Crippen LogP contribution in [0.3, 0.4) is 0 Å². The van der Waals surface area contributed by atoms with Crippen molar-refractivity contribution in [1.29, 1.82) is 0 Å². The number of rotatable bonds is 1. The molecule has 4 atom stereocenters. The third-order valence-electron chi connectivity index (χ3n) is 2.52. The summed E-state index contributed by atoms with van der Waals surface area (Å²) < 4.78 is 16.5. The van der Waals surface area contributed by atoms with Gasteiger partial charge in [-0.3, -0.25) is 0 Å². The van der Waals surface area contributed by atoms with Crippen molar-refractivity contribution in [2.24, 2.45) is 0 Å². The van der Waals surface area contributed by atoms with E-state index in [1.807, 2.05) is 20.8 Å². The van der Waals surface area contributed by atoms with Gasteiger partial charge >= 0.3 is 0 Å². The summed E-state index contributed by atoms with van der Waals surface area (Å²) in [5.41, 5.74) is 0. The van der Waals surface area contributed by atoms with Crippen LogP contribution in [-0.2, 0) is 14.2 Å². The van der Waals surface area contributed by atoms with E-state index in [1.165, 1.54) is 0 Å². The highest BCUT2D eigenvalue weighted by molar-refractivity contribution is 4.92. The number of aliphatic hydroxyl groups is 1. The molecule has 0 aromatic heterocycles. The number of fused-ring (bicyclic) bond motifs is 1. The van der Waals surface area contributed by atoms with Gasteiger partial charge in [-0.05, 0) is 20.3 Å². The van der Waals surface area contributed by atoms with Crippen molar-refractivity contribution in [3.8, 4) is 0 Å². The summed E-state index contributed by atoms with van der Waals surface area (Å²) in [7, 11) is 0. The van der Waals surface area contributed by atoms with Crippen molar-refractivity contribution in [1.82, 2.24) is 0 Å². The lowest BCUT2D eigenvalue weighted by Gasteiger charge is -2.22. The van der Waals surface area contributed by atoms with Gasteiger partial charge in [0.1, 0.15) is 12.2 Å². The molecule has 0 radical (unpaired) electrons. The quantitative estimate of drug-likeness (QED) is 0.655. The molecule has 13 heavy (non-hydrogen) atoms. The topological polar surface area (TPSA) is 47.9 Å². The Morgan fingerprint density at radius 3 is 2.54 bits per heavy atom. The van der Waals surface area contributed by atoms with Gasteiger partial charge in [0.2, 0.25) is 0 Å². The molecule has 2 aliphatic rings. The van der Waals surface area contributed by atoms with Crippen LogP contribution in [-0.4, -0.2) is 35.5 Å². The van der Waals surface area contributed by atoms with E-state index in [2.05, 4.69) is 0 Å². The minimum atomic E-state index is -0.630. The van der Waals surface area contributed by atoms with Crippen molar-refractivity contribution in [2.75, 3.05) is 0 Å². The molecule has 0 aromatic rings. The van der Waals surface area contributed by atoms with E-state index in [9.17, 15) is 5.11 Å². The maximum atomic E-state index is 9.76. The largest absolute Gasteiger partial charge is 0.387 e. The Morgan fingerprint density at radius 1 is 1.31 bits per heavy atom. The first kappa shape index (κ1) is 9.40. The second-order valence-electron chi connectivity index (χ2n) is 4.04. The summed E-state index contributed by atoms with van der Waals surface area (Å²) in [6, 6.07) is 0. The van der Waals surface area contributed by atoms with Crippen molar-refractivity contribution in [3.05, 3.63) is 0 Å². The molecule has 0 unspecified atom stereocenters. The highest BCUT2D eigenvalue weighted by atomic mass is 16.8. The van der Waals surface area contributed by atoms with Crippen LogP contribution < -0.4 is 0 Å². The standard InChI is InChI=1S/C9H16O4/c1-4-5-6(10)7-8(11-5)13-9(2,3)12-7/h5-8,10H,4H2,1-3H3/t5-,6-,7+,8+/m0/s1. The molecule has 1 N–H and O–H groups in total. The van der Waals surface area contributed by atoms with Gasteiger partial charge in [-0.25, -0.2) is 0 Å². The first-order valence-electron chi connectivity index (χ1n) is 4.72. The molecule has 4 heteroatoms. The average Bonchev–Trinajstić information content (AvgIpc) is 2.47. The summed E-state index contributed by atoms with van der Waals surface area (Å²) in [5.74, 6) is -0.630. The molecular formula is C9H16O4. The van der Waals surface area contributed by atoms with Gasteiger partial charge in [0, 0.05) is 0 Å².